The van der Waals surface area contributed by atoms with Crippen LogP contribution in [-0.2, 0) is 11.2 Å². The summed E-state index contributed by atoms with van der Waals surface area (Å²) in [4.78, 5) is 14.1. The van der Waals surface area contributed by atoms with E-state index in [2.05, 4.69) is 0 Å². The summed E-state index contributed by atoms with van der Waals surface area (Å²) in [5.41, 5.74) is 6.61. The van der Waals surface area contributed by atoms with Gasteiger partial charge < -0.3 is 10.6 Å². The molecular formula is C15H21FN2O. The van der Waals surface area contributed by atoms with Crippen LogP contribution in [0.3, 0.4) is 0 Å². The monoisotopic (exact) mass is 264 g/mol. The molecule has 1 aromatic rings. The van der Waals surface area contributed by atoms with Crippen molar-refractivity contribution in [1.82, 2.24) is 4.90 Å². The van der Waals surface area contributed by atoms with E-state index in [0.29, 0.717) is 19.4 Å². The molecule has 0 aromatic heterocycles. The fraction of sp³-hybridized carbons (Fsp3) is 0.533. The Morgan fingerprint density at radius 1 is 1.53 bits per heavy atom. The Morgan fingerprint density at radius 2 is 2.26 bits per heavy atom. The van der Waals surface area contributed by atoms with Gasteiger partial charge >= 0.3 is 0 Å². The molecule has 1 heterocycles. The van der Waals surface area contributed by atoms with Crippen molar-refractivity contribution in [1.29, 1.82) is 0 Å². The van der Waals surface area contributed by atoms with Gasteiger partial charge in [-0.15, -0.1) is 0 Å². The Labute approximate surface area is 113 Å². The van der Waals surface area contributed by atoms with Gasteiger partial charge in [-0.1, -0.05) is 12.1 Å². The molecule has 1 atom stereocenters. The number of halogens is 1. The Bertz CT molecular complexity index is 473. The highest BCUT2D eigenvalue weighted by molar-refractivity contribution is 5.77. The van der Waals surface area contributed by atoms with Crippen LogP contribution in [0.1, 0.15) is 32.3 Å². The summed E-state index contributed by atoms with van der Waals surface area (Å²) in [6.07, 6.45) is 1.80. The number of carbonyl (C=O) groups excluding carboxylic acids is 1. The van der Waals surface area contributed by atoms with Crippen LogP contribution in [0.25, 0.3) is 0 Å². The summed E-state index contributed by atoms with van der Waals surface area (Å²) >= 11 is 0. The Hall–Kier alpha value is -1.42. The number of likely N-dealkylation sites (tertiary alicyclic amines) is 1. The predicted molar refractivity (Wildman–Crippen MR) is 73.1 cm³/mol. The van der Waals surface area contributed by atoms with Gasteiger partial charge in [-0.25, -0.2) is 4.39 Å². The summed E-state index contributed by atoms with van der Waals surface area (Å²) in [7, 11) is 0. The van der Waals surface area contributed by atoms with Crippen molar-refractivity contribution in [2.24, 2.45) is 5.73 Å². The van der Waals surface area contributed by atoms with E-state index in [1.807, 2.05) is 24.8 Å². The van der Waals surface area contributed by atoms with Gasteiger partial charge in [0.2, 0.25) is 5.91 Å². The zero-order valence-electron chi connectivity index (χ0n) is 11.5. The summed E-state index contributed by atoms with van der Waals surface area (Å²) in [5, 5.41) is 0. The standard InChI is InChI=1S/C15H21FN2O/c1-15(2)9-13(17)10-18(15)14(19)7-6-11-4-3-5-12(16)8-11/h3-5,8,13H,6-7,9-10,17H2,1-2H3. The molecule has 0 bridgehead atoms. The largest absolute Gasteiger partial charge is 0.336 e. The van der Waals surface area contributed by atoms with Gasteiger partial charge in [0.15, 0.2) is 0 Å². The predicted octanol–water partition coefficient (Wildman–Crippen LogP) is 2.10. The van der Waals surface area contributed by atoms with Gasteiger partial charge in [-0.2, -0.15) is 0 Å². The summed E-state index contributed by atoms with van der Waals surface area (Å²) in [6, 6.07) is 6.47. The number of aryl methyl sites for hydroxylation is 1. The number of nitrogens with zero attached hydrogens (tertiary/aromatic N) is 1. The van der Waals surface area contributed by atoms with Gasteiger partial charge in [-0.3, -0.25) is 4.79 Å². The van der Waals surface area contributed by atoms with E-state index in [4.69, 9.17) is 5.73 Å². The maximum atomic E-state index is 13.1. The van der Waals surface area contributed by atoms with Crippen LogP contribution < -0.4 is 5.73 Å². The molecule has 1 saturated heterocycles. The second-order valence-corrected chi connectivity index (χ2v) is 5.91. The van der Waals surface area contributed by atoms with Crippen LogP contribution in [0.15, 0.2) is 24.3 Å². The number of rotatable bonds is 3. The van der Waals surface area contributed by atoms with Gasteiger partial charge in [0.25, 0.3) is 0 Å². The molecule has 0 radical (unpaired) electrons. The molecule has 0 aliphatic carbocycles. The van der Waals surface area contributed by atoms with E-state index >= 15 is 0 Å². The molecule has 1 aliphatic rings. The van der Waals surface area contributed by atoms with E-state index in [1.54, 1.807) is 6.07 Å². The number of amides is 1. The molecule has 3 nitrogen and oxygen atoms in total. The maximum Gasteiger partial charge on any atom is 0.223 e. The fourth-order valence-electron chi connectivity index (χ4n) is 2.82. The van der Waals surface area contributed by atoms with Crippen molar-refractivity contribution in [3.63, 3.8) is 0 Å². The van der Waals surface area contributed by atoms with Crippen molar-refractivity contribution in [2.75, 3.05) is 6.54 Å². The van der Waals surface area contributed by atoms with Crippen LogP contribution >= 0.6 is 0 Å². The molecule has 1 unspecified atom stereocenters. The number of hydrogen-bond acceptors (Lipinski definition) is 2. The highest BCUT2D eigenvalue weighted by atomic mass is 19.1. The minimum absolute atomic E-state index is 0.0631. The molecule has 4 heteroatoms. The number of nitrogens with two attached hydrogens (primary N) is 1. The fourth-order valence-corrected chi connectivity index (χ4v) is 2.82. The maximum absolute atomic E-state index is 13.1. The number of benzene rings is 1. The zero-order chi connectivity index (χ0) is 14.0. The van der Waals surface area contributed by atoms with Crippen molar-refractivity contribution >= 4 is 5.91 Å². The summed E-state index contributed by atoms with van der Waals surface area (Å²) in [6.45, 7) is 4.70. The average Bonchev–Trinajstić information content (AvgIpc) is 2.59. The van der Waals surface area contributed by atoms with Crippen LogP contribution in [0.4, 0.5) is 4.39 Å². The van der Waals surface area contributed by atoms with E-state index in [9.17, 15) is 9.18 Å². The molecule has 2 N–H and O–H groups in total. The molecule has 104 valence electrons. The van der Waals surface area contributed by atoms with Gasteiger partial charge in [0.05, 0.1) is 0 Å². The third kappa shape index (κ3) is 3.32. The van der Waals surface area contributed by atoms with Crippen molar-refractivity contribution < 1.29 is 9.18 Å². The molecule has 0 saturated carbocycles. The first-order valence-electron chi connectivity index (χ1n) is 6.69. The second kappa shape index (κ2) is 5.29. The van der Waals surface area contributed by atoms with E-state index < -0.39 is 0 Å². The van der Waals surface area contributed by atoms with Crippen LogP contribution in [-0.4, -0.2) is 28.9 Å². The first-order chi connectivity index (χ1) is 8.88. The zero-order valence-corrected chi connectivity index (χ0v) is 11.5. The van der Waals surface area contributed by atoms with Crippen molar-refractivity contribution in [3.05, 3.63) is 35.6 Å². The van der Waals surface area contributed by atoms with Crippen molar-refractivity contribution in [2.45, 2.75) is 44.7 Å². The first kappa shape index (κ1) is 14.0. The van der Waals surface area contributed by atoms with Gasteiger partial charge in [0.1, 0.15) is 5.82 Å². The van der Waals surface area contributed by atoms with Gasteiger partial charge in [-0.05, 0) is 44.4 Å². The van der Waals surface area contributed by atoms with E-state index in [0.717, 1.165) is 12.0 Å². The van der Waals surface area contributed by atoms with Crippen molar-refractivity contribution in [3.8, 4) is 0 Å². The Balaban J connectivity index is 1.95. The lowest BCUT2D eigenvalue weighted by Crippen LogP contribution is -2.42. The second-order valence-electron chi connectivity index (χ2n) is 5.91. The first-order valence-corrected chi connectivity index (χ1v) is 6.69. The minimum atomic E-state index is -0.256. The third-order valence-electron chi connectivity index (χ3n) is 3.73. The lowest BCUT2D eigenvalue weighted by atomic mass is 10.00. The molecule has 19 heavy (non-hydrogen) atoms. The summed E-state index contributed by atoms with van der Waals surface area (Å²) in [5.74, 6) is -0.157. The molecule has 1 aliphatic heterocycles. The lowest BCUT2D eigenvalue weighted by Gasteiger charge is -2.31. The Kier molecular flexibility index (Phi) is 3.90. The molecule has 1 amide bonds. The molecular weight excluding hydrogens is 243 g/mol. The topological polar surface area (TPSA) is 46.3 Å². The molecule has 1 aromatic carbocycles. The van der Waals surface area contributed by atoms with Crippen LogP contribution in [0, 0.1) is 5.82 Å². The number of hydrogen-bond donors (Lipinski definition) is 1. The highest BCUT2D eigenvalue weighted by Crippen LogP contribution is 2.28. The van der Waals surface area contributed by atoms with Crippen LogP contribution in [0.5, 0.6) is 0 Å². The average molecular weight is 264 g/mol. The smallest absolute Gasteiger partial charge is 0.223 e. The quantitative estimate of drug-likeness (QED) is 0.908. The summed E-state index contributed by atoms with van der Waals surface area (Å²) < 4.78 is 13.1. The van der Waals surface area contributed by atoms with E-state index in [-0.39, 0.29) is 23.3 Å². The van der Waals surface area contributed by atoms with Crippen LogP contribution in [0.2, 0.25) is 0 Å². The normalized spacial score (nSPS) is 21.7. The van der Waals surface area contributed by atoms with Gasteiger partial charge in [0, 0.05) is 24.5 Å². The Morgan fingerprint density at radius 3 is 2.84 bits per heavy atom. The van der Waals surface area contributed by atoms with E-state index in [1.165, 1.54) is 12.1 Å². The minimum Gasteiger partial charge on any atom is -0.336 e. The molecule has 0 spiro atoms. The highest BCUT2D eigenvalue weighted by Gasteiger charge is 2.39. The lowest BCUT2D eigenvalue weighted by molar-refractivity contribution is -0.134. The molecule has 1 fully saturated rings. The number of carbonyl (C=O) groups is 1. The SMILES string of the molecule is CC1(C)CC(N)CN1C(=O)CCc1cccc(F)c1. The third-order valence-corrected chi connectivity index (χ3v) is 3.73. The molecule has 2 rings (SSSR count).